The molecule has 0 radical (unpaired) electrons. The van der Waals surface area contributed by atoms with E-state index in [2.05, 4.69) is 10.3 Å². The molecule has 1 aliphatic rings. The second kappa shape index (κ2) is 8.25. The fourth-order valence-electron chi connectivity index (χ4n) is 2.91. The first-order valence-corrected chi connectivity index (χ1v) is 9.24. The van der Waals surface area contributed by atoms with Crippen molar-refractivity contribution in [1.82, 2.24) is 4.98 Å². The molecule has 5 nitrogen and oxygen atoms in total. The van der Waals surface area contributed by atoms with Gasteiger partial charge in [0.1, 0.15) is 16.5 Å². The van der Waals surface area contributed by atoms with E-state index in [0.29, 0.717) is 28.0 Å². The minimum absolute atomic E-state index is 0.183. The maximum absolute atomic E-state index is 12.8. The number of hydrogen-bond donors (Lipinski definition) is 1. The van der Waals surface area contributed by atoms with Crippen molar-refractivity contribution in [1.29, 1.82) is 0 Å². The van der Waals surface area contributed by atoms with Gasteiger partial charge >= 0.3 is 0 Å². The monoisotopic (exact) mass is 358 g/mol. The zero-order valence-electron chi connectivity index (χ0n) is 14.5. The molecule has 1 amide bonds. The number of aromatic nitrogens is 1. The molecule has 1 aromatic carbocycles. The summed E-state index contributed by atoms with van der Waals surface area (Å²) in [5, 5.41) is 4.27. The molecule has 0 unspecified atom stereocenters. The molecule has 1 N–H and O–H groups in total. The largest absolute Gasteiger partial charge is 0.497 e. The van der Waals surface area contributed by atoms with Crippen molar-refractivity contribution in [2.45, 2.75) is 36.0 Å². The molecular weight excluding hydrogens is 336 g/mol. The summed E-state index contributed by atoms with van der Waals surface area (Å²) in [4.78, 5) is 17.2. The molecule has 6 heteroatoms. The summed E-state index contributed by atoms with van der Waals surface area (Å²) in [6, 6.07) is 8.91. The van der Waals surface area contributed by atoms with E-state index in [0.717, 1.165) is 5.03 Å². The first kappa shape index (κ1) is 17.6. The number of amides is 1. The first-order chi connectivity index (χ1) is 12.2. The Morgan fingerprint density at radius 2 is 2.00 bits per heavy atom. The molecule has 2 aromatic rings. The number of benzene rings is 1. The van der Waals surface area contributed by atoms with Crippen LogP contribution in [0.25, 0.3) is 0 Å². The summed E-state index contributed by atoms with van der Waals surface area (Å²) in [5.74, 6) is 1.05. The van der Waals surface area contributed by atoms with Gasteiger partial charge in [0.2, 0.25) is 0 Å². The van der Waals surface area contributed by atoms with E-state index < -0.39 is 0 Å². The van der Waals surface area contributed by atoms with Gasteiger partial charge in [-0.15, -0.1) is 11.8 Å². The van der Waals surface area contributed by atoms with Crippen molar-refractivity contribution in [2.75, 3.05) is 19.5 Å². The number of rotatable bonds is 6. The van der Waals surface area contributed by atoms with Crippen LogP contribution < -0.4 is 14.8 Å². The maximum atomic E-state index is 12.8. The van der Waals surface area contributed by atoms with E-state index in [1.165, 1.54) is 25.7 Å². The third kappa shape index (κ3) is 4.25. The number of nitrogens with zero attached hydrogens (tertiary/aromatic N) is 1. The number of methoxy groups -OCH3 is 2. The lowest BCUT2D eigenvalue weighted by molar-refractivity contribution is 0.102. The molecule has 1 aliphatic carbocycles. The van der Waals surface area contributed by atoms with E-state index in [4.69, 9.17) is 9.47 Å². The number of hydrogen-bond acceptors (Lipinski definition) is 5. The van der Waals surface area contributed by atoms with Gasteiger partial charge in [0, 0.05) is 17.5 Å². The normalized spacial score (nSPS) is 14.3. The van der Waals surface area contributed by atoms with Crippen LogP contribution in [-0.2, 0) is 0 Å². The van der Waals surface area contributed by atoms with Crippen LogP contribution in [0.2, 0.25) is 0 Å². The molecule has 1 fully saturated rings. The summed E-state index contributed by atoms with van der Waals surface area (Å²) in [7, 11) is 3.16. The zero-order chi connectivity index (χ0) is 17.6. The van der Waals surface area contributed by atoms with Gasteiger partial charge in [-0.3, -0.25) is 4.79 Å². The second-order valence-electron chi connectivity index (χ2n) is 5.90. The standard InChI is InChI=1S/C19H22N2O3S/c1-23-13-9-10-16(17(12-13)24-2)21-18(22)15-8-5-11-20-19(15)25-14-6-3-4-7-14/h5,8-12,14H,3-4,6-7H2,1-2H3,(H,21,22). The Kier molecular flexibility index (Phi) is 5.81. The Morgan fingerprint density at radius 3 is 2.72 bits per heavy atom. The molecule has 1 heterocycles. The number of ether oxygens (including phenoxy) is 2. The Labute approximate surface area is 152 Å². The summed E-state index contributed by atoms with van der Waals surface area (Å²) in [6.07, 6.45) is 6.63. The van der Waals surface area contributed by atoms with Gasteiger partial charge in [0.15, 0.2) is 0 Å². The average Bonchev–Trinajstić information content (AvgIpc) is 3.15. The van der Waals surface area contributed by atoms with Gasteiger partial charge in [-0.05, 0) is 37.1 Å². The highest BCUT2D eigenvalue weighted by Gasteiger charge is 2.21. The number of carbonyl (C=O) groups is 1. The second-order valence-corrected chi connectivity index (χ2v) is 7.19. The number of pyridine rings is 1. The molecule has 3 rings (SSSR count). The lowest BCUT2D eigenvalue weighted by Crippen LogP contribution is -2.15. The van der Waals surface area contributed by atoms with Gasteiger partial charge in [-0.2, -0.15) is 0 Å². The van der Waals surface area contributed by atoms with Crippen LogP contribution in [0.15, 0.2) is 41.6 Å². The number of carbonyl (C=O) groups excluding carboxylic acids is 1. The SMILES string of the molecule is COc1ccc(NC(=O)c2cccnc2SC2CCCC2)c(OC)c1. The van der Waals surface area contributed by atoms with Crippen LogP contribution in [0.1, 0.15) is 36.0 Å². The van der Waals surface area contributed by atoms with E-state index in [1.54, 1.807) is 56.4 Å². The van der Waals surface area contributed by atoms with Gasteiger partial charge in [0.05, 0.1) is 25.5 Å². The van der Waals surface area contributed by atoms with Crippen molar-refractivity contribution in [3.8, 4) is 11.5 Å². The van der Waals surface area contributed by atoms with Crippen molar-refractivity contribution >= 4 is 23.4 Å². The summed E-state index contributed by atoms with van der Waals surface area (Å²) >= 11 is 1.71. The molecule has 0 aliphatic heterocycles. The van der Waals surface area contributed by atoms with Gasteiger partial charge in [-0.1, -0.05) is 12.8 Å². The molecule has 25 heavy (non-hydrogen) atoms. The molecule has 0 saturated heterocycles. The van der Waals surface area contributed by atoms with Crippen LogP contribution in [0.5, 0.6) is 11.5 Å². The third-order valence-electron chi connectivity index (χ3n) is 4.25. The molecule has 1 saturated carbocycles. The molecular formula is C19H22N2O3S. The van der Waals surface area contributed by atoms with Crippen molar-refractivity contribution in [2.24, 2.45) is 0 Å². The summed E-state index contributed by atoms with van der Waals surface area (Å²) in [6.45, 7) is 0. The van der Waals surface area contributed by atoms with E-state index in [1.807, 2.05) is 6.07 Å². The lowest BCUT2D eigenvalue weighted by Gasteiger charge is -2.14. The maximum Gasteiger partial charge on any atom is 0.258 e. The van der Waals surface area contributed by atoms with E-state index in [9.17, 15) is 4.79 Å². The van der Waals surface area contributed by atoms with Crippen molar-refractivity contribution in [3.63, 3.8) is 0 Å². The van der Waals surface area contributed by atoms with Crippen LogP contribution in [0.4, 0.5) is 5.69 Å². The number of anilines is 1. The smallest absolute Gasteiger partial charge is 0.258 e. The van der Waals surface area contributed by atoms with Gasteiger partial charge in [0.25, 0.3) is 5.91 Å². The lowest BCUT2D eigenvalue weighted by atomic mass is 10.2. The Hall–Kier alpha value is -2.21. The van der Waals surface area contributed by atoms with Crippen LogP contribution in [0.3, 0.4) is 0 Å². The molecule has 0 bridgehead atoms. The minimum Gasteiger partial charge on any atom is -0.497 e. The highest BCUT2D eigenvalue weighted by atomic mass is 32.2. The average molecular weight is 358 g/mol. The van der Waals surface area contributed by atoms with E-state index >= 15 is 0 Å². The third-order valence-corrected chi connectivity index (χ3v) is 5.61. The quantitative estimate of drug-likeness (QED) is 0.830. The molecule has 0 atom stereocenters. The highest BCUT2D eigenvalue weighted by molar-refractivity contribution is 7.99. The summed E-state index contributed by atoms with van der Waals surface area (Å²) < 4.78 is 10.5. The zero-order valence-corrected chi connectivity index (χ0v) is 15.3. The fraction of sp³-hybridized carbons (Fsp3) is 0.368. The van der Waals surface area contributed by atoms with Crippen LogP contribution in [-0.4, -0.2) is 30.4 Å². The topological polar surface area (TPSA) is 60.5 Å². The Bertz CT molecular complexity index is 745. The predicted molar refractivity (Wildman–Crippen MR) is 99.8 cm³/mol. The van der Waals surface area contributed by atoms with Crippen LogP contribution in [0, 0.1) is 0 Å². The highest BCUT2D eigenvalue weighted by Crippen LogP contribution is 2.36. The van der Waals surface area contributed by atoms with E-state index in [-0.39, 0.29) is 5.91 Å². The van der Waals surface area contributed by atoms with Crippen molar-refractivity contribution in [3.05, 3.63) is 42.1 Å². The Morgan fingerprint density at radius 1 is 1.20 bits per heavy atom. The van der Waals surface area contributed by atoms with Crippen molar-refractivity contribution < 1.29 is 14.3 Å². The van der Waals surface area contributed by atoms with Crippen LogP contribution >= 0.6 is 11.8 Å². The summed E-state index contributed by atoms with van der Waals surface area (Å²) in [5.41, 5.74) is 1.20. The Balaban J connectivity index is 1.79. The molecule has 132 valence electrons. The minimum atomic E-state index is -0.183. The number of nitrogens with one attached hydrogen (secondary N) is 1. The molecule has 1 aromatic heterocycles. The van der Waals surface area contributed by atoms with Gasteiger partial charge < -0.3 is 14.8 Å². The predicted octanol–water partition coefficient (Wildman–Crippen LogP) is 4.39. The number of thioether (sulfide) groups is 1. The molecule has 0 spiro atoms. The fourth-order valence-corrected chi connectivity index (χ4v) is 4.21. The first-order valence-electron chi connectivity index (χ1n) is 8.36. The van der Waals surface area contributed by atoms with Gasteiger partial charge in [-0.25, -0.2) is 4.98 Å².